The highest BCUT2D eigenvalue weighted by molar-refractivity contribution is 5.71. The SMILES string of the molecule is CC/C=C\C/C=C\C/C=C\CCCCCCCC(=O)OCC(COC(=O)CCCCCCCCCCCCCCCCCCCCCCCCCC)OC(=O)CCCCCCCCCCC/C=C\C/C=C\CCCCCCC. The van der Waals surface area contributed by atoms with Gasteiger partial charge in [0.05, 0.1) is 0 Å². The summed E-state index contributed by atoms with van der Waals surface area (Å²) in [6, 6.07) is 0. The van der Waals surface area contributed by atoms with Crippen molar-refractivity contribution in [3.8, 4) is 0 Å². The predicted molar refractivity (Wildman–Crippen MR) is 339 cm³/mol. The Balaban J connectivity index is 4.30. The van der Waals surface area contributed by atoms with E-state index in [1.54, 1.807) is 0 Å². The van der Waals surface area contributed by atoms with Crippen LogP contribution in [-0.2, 0) is 28.6 Å². The van der Waals surface area contributed by atoms with Crippen molar-refractivity contribution in [2.75, 3.05) is 13.2 Å². The molecular formula is C72H130O6. The first-order valence-electron chi connectivity index (χ1n) is 34.3. The number of hydrogen-bond donors (Lipinski definition) is 0. The molecule has 0 heterocycles. The number of esters is 3. The highest BCUT2D eigenvalue weighted by atomic mass is 16.6. The zero-order valence-corrected chi connectivity index (χ0v) is 52.2. The van der Waals surface area contributed by atoms with E-state index in [9.17, 15) is 14.4 Å². The second kappa shape index (κ2) is 66.6. The monoisotopic (exact) mass is 1090 g/mol. The molecule has 0 aromatic heterocycles. The lowest BCUT2D eigenvalue weighted by Crippen LogP contribution is -2.30. The number of ether oxygens (including phenoxy) is 3. The largest absolute Gasteiger partial charge is 0.462 e. The van der Waals surface area contributed by atoms with E-state index >= 15 is 0 Å². The molecule has 78 heavy (non-hydrogen) atoms. The van der Waals surface area contributed by atoms with Crippen LogP contribution in [-0.4, -0.2) is 37.2 Å². The van der Waals surface area contributed by atoms with Gasteiger partial charge in [-0.05, 0) is 83.5 Å². The standard InChI is InChI=1S/C72H130O6/c1-4-7-10-13-16-19-22-25-28-30-32-34-35-36-38-39-41-44-47-50-53-56-59-62-65-71(74)77-68-69(67-76-70(73)64-61-58-55-52-49-46-43-27-24-21-18-15-12-9-6-3)78-72(75)66-63-60-57-54-51-48-45-42-40-37-33-31-29-26-23-20-17-14-11-8-5-2/h9,12,18,21,23,26-27,31,33,43,69H,4-8,10-11,13-17,19-20,22,24-25,28-30,32,34-42,44-68H2,1-3H3/b12-9-,21-18-,26-23-,33-31-,43-27-. The van der Waals surface area contributed by atoms with Crippen LogP contribution in [0, 0.1) is 0 Å². The Hall–Kier alpha value is -2.89. The number of hydrogen-bond acceptors (Lipinski definition) is 6. The third-order valence-corrected chi connectivity index (χ3v) is 15.3. The molecule has 0 aromatic carbocycles. The van der Waals surface area contributed by atoms with E-state index in [-0.39, 0.29) is 31.1 Å². The van der Waals surface area contributed by atoms with E-state index in [0.29, 0.717) is 19.3 Å². The summed E-state index contributed by atoms with van der Waals surface area (Å²) in [4.78, 5) is 38.4. The van der Waals surface area contributed by atoms with Gasteiger partial charge in [0.1, 0.15) is 13.2 Å². The number of unbranched alkanes of at least 4 members (excludes halogenated alkanes) is 42. The number of rotatable bonds is 63. The van der Waals surface area contributed by atoms with Crippen molar-refractivity contribution < 1.29 is 28.6 Å². The van der Waals surface area contributed by atoms with Gasteiger partial charge in [0.25, 0.3) is 0 Å². The predicted octanol–water partition coefficient (Wildman–Crippen LogP) is 23.5. The molecular weight excluding hydrogens is 961 g/mol. The molecule has 1 atom stereocenters. The summed E-state index contributed by atoms with van der Waals surface area (Å²) in [7, 11) is 0. The Kier molecular flexibility index (Phi) is 64.2. The van der Waals surface area contributed by atoms with Gasteiger partial charge in [0.2, 0.25) is 0 Å². The number of allylic oxidation sites excluding steroid dienone is 10. The fourth-order valence-corrected chi connectivity index (χ4v) is 10.1. The van der Waals surface area contributed by atoms with Crippen molar-refractivity contribution in [3.05, 3.63) is 60.8 Å². The second-order valence-electron chi connectivity index (χ2n) is 23.1. The molecule has 0 bridgehead atoms. The van der Waals surface area contributed by atoms with Gasteiger partial charge in [0.15, 0.2) is 6.10 Å². The smallest absolute Gasteiger partial charge is 0.306 e. The second-order valence-corrected chi connectivity index (χ2v) is 23.1. The van der Waals surface area contributed by atoms with Crippen molar-refractivity contribution >= 4 is 17.9 Å². The Morgan fingerprint density at radius 2 is 0.500 bits per heavy atom. The summed E-state index contributed by atoms with van der Waals surface area (Å²) in [5.41, 5.74) is 0. The normalized spacial score (nSPS) is 12.4. The summed E-state index contributed by atoms with van der Waals surface area (Å²) in [5, 5.41) is 0. The van der Waals surface area contributed by atoms with E-state index < -0.39 is 6.10 Å². The lowest BCUT2D eigenvalue weighted by atomic mass is 10.0. The Morgan fingerprint density at radius 3 is 0.782 bits per heavy atom. The Morgan fingerprint density at radius 1 is 0.269 bits per heavy atom. The molecule has 6 nitrogen and oxygen atoms in total. The maximum Gasteiger partial charge on any atom is 0.306 e. The van der Waals surface area contributed by atoms with Gasteiger partial charge in [-0.3, -0.25) is 14.4 Å². The van der Waals surface area contributed by atoms with Crippen LogP contribution in [0.15, 0.2) is 60.8 Å². The maximum absolute atomic E-state index is 12.9. The van der Waals surface area contributed by atoms with Gasteiger partial charge >= 0.3 is 17.9 Å². The average molecular weight is 1090 g/mol. The first kappa shape index (κ1) is 75.1. The molecule has 0 rings (SSSR count). The van der Waals surface area contributed by atoms with Gasteiger partial charge in [-0.25, -0.2) is 0 Å². The van der Waals surface area contributed by atoms with Crippen LogP contribution in [0.3, 0.4) is 0 Å². The molecule has 0 aliphatic rings. The Bertz CT molecular complexity index is 1390. The van der Waals surface area contributed by atoms with Crippen LogP contribution < -0.4 is 0 Å². The zero-order chi connectivity index (χ0) is 56.4. The lowest BCUT2D eigenvalue weighted by Gasteiger charge is -2.18. The molecule has 0 fully saturated rings. The molecule has 0 radical (unpaired) electrons. The van der Waals surface area contributed by atoms with E-state index in [2.05, 4.69) is 81.5 Å². The minimum absolute atomic E-state index is 0.0781. The van der Waals surface area contributed by atoms with E-state index in [1.165, 1.54) is 218 Å². The minimum atomic E-state index is -0.784. The van der Waals surface area contributed by atoms with Crippen LogP contribution in [0.4, 0.5) is 0 Å². The van der Waals surface area contributed by atoms with Crippen LogP contribution in [0.1, 0.15) is 361 Å². The maximum atomic E-state index is 12.9. The van der Waals surface area contributed by atoms with Gasteiger partial charge in [0, 0.05) is 19.3 Å². The molecule has 0 amide bonds. The van der Waals surface area contributed by atoms with Crippen LogP contribution in [0.25, 0.3) is 0 Å². The van der Waals surface area contributed by atoms with E-state index in [0.717, 1.165) is 103 Å². The van der Waals surface area contributed by atoms with Crippen molar-refractivity contribution in [1.82, 2.24) is 0 Å². The summed E-state index contributed by atoms with van der Waals surface area (Å²) < 4.78 is 17.0. The molecule has 6 heteroatoms. The fraction of sp³-hybridized carbons (Fsp3) is 0.819. The highest BCUT2D eigenvalue weighted by Gasteiger charge is 2.19. The zero-order valence-electron chi connectivity index (χ0n) is 52.2. The van der Waals surface area contributed by atoms with Crippen molar-refractivity contribution in [3.63, 3.8) is 0 Å². The van der Waals surface area contributed by atoms with Crippen LogP contribution in [0.2, 0.25) is 0 Å². The Labute approximate surface area is 485 Å². The minimum Gasteiger partial charge on any atom is -0.462 e. The van der Waals surface area contributed by atoms with Crippen molar-refractivity contribution in [2.45, 2.75) is 367 Å². The molecule has 0 aromatic rings. The first-order valence-corrected chi connectivity index (χ1v) is 34.3. The summed E-state index contributed by atoms with van der Waals surface area (Å²) in [6.07, 6.45) is 85.3. The summed E-state index contributed by atoms with van der Waals surface area (Å²) >= 11 is 0. The average Bonchev–Trinajstić information content (AvgIpc) is 3.44. The molecule has 0 aliphatic carbocycles. The summed E-state index contributed by atoms with van der Waals surface area (Å²) in [6.45, 7) is 6.56. The molecule has 0 aliphatic heterocycles. The van der Waals surface area contributed by atoms with Crippen molar-refractivity contribution in [1.29, 1.82) is 0 Å². The highest BCUT2D eigenvalue weighted by Crippen LogP contribution is 2.18. The lowest BCUT2D eigenvalue weighted by molar-refractivity contribution is -0.167. The molecule has 0 saturated carbocycles. The first-order chi connectivity index (χ1) is 38.5. The molecule has 1 unspecified atom stereocenters. The van der Waals surface area contributed by atoms with E-state index in [4.69, 9.17) is 14.2 Å². The fourth-order valence-electron chi connectivity index (χ4n) is 10.1. The van der Waals surface area contributed by atoms with E-state index in [1.807, 2.05) is 0 Å². The number of carbonyl (C=O) groups excluding carboxylic acids is 3. The number of carbonyl (C=O) groups is 3. The summed E-state index contributed by atoms with van der Waals surface area (Å²) in [5.74, 6) is -0.878. The van der Waals surface area contributed by atoms with Gasteiger partial charge in [-0.15, -0.1) is 0 Å². The molecule has 0 N–H and O–H groups in total. The third kappa shape index (κ3) is 63.9. The van der Waals surface area contributed by atoms with Gasteiger partial charge in [-0.1, -0.05) is 319 Å². The van der Waals surface area contributed by atoms with Crippen LogP contribution in [0.5, 0.6) is 0 Å². The van der Waals surface area contributed by atoms with Crippen LogP contribution >= 0.6 is 0 Å². The van der Waals surface area contributed by atoms with Gasteiger partial charge in [-0.2, -0.15) is 0 Å². The third-order valence-electron chi connectivity index (χ3n) is 15.3. The topological polar surface area (TPSA) is 78.9 Å². The van der Waals surface area contributed by atoms with Gasteiger partial charge < -0.3 is 14.2 Å². The molecule has 454 valence electrons. The quantitative estimate of drug-likeness (QED) is 0.0261. The molecule has 0 spiro atoms. The van der Waals surface area contributed by atoms with Crippen molar-refractivity contribution in [2.24, 2.45) is 0 Å². The molecule has 0 saturated heterocycles.